The summed E-state index contributed by atoms with van der Waals surface area (Å²) < 4.78 is 0.422. The Hall–Kier alpha value is -1.68. The molecule has 3 N–H and O–H groups in total. The summed E-state index contributed by atoms with van der Waals surface area (Å²) in [5, 5.41) is 0. The number of nitrogens with one attached hydrogen (secondary N) is 1. The first-order chi connectivity index (χ1) is 7.65. The van der Waals surface area contributed by atoms with Gasteiger partial charge in [0.15, 0.2) is 4.77 Å². The molecule has 4 heteroatoms. The molecule has 0 aliphatic rings. The summed E-state index contributed by atoms with van der Waals surface area (Å²) in [6.07, 6.45) is 2.50. The molecule has 0 saturated carbocycles. The summed E-state index contributed by atoms with van der Waals surface area (Å²) >= 11 is 4.90. The SMILES string of the molecule is Cc1cccc(Cc2cnc(=S)[nH]c2N)c1. The zero-order valence-electron chi connectivity index (χ0n) is 9.03. The Morgan fingerprint density at radius 1 is 1.44 bits per heavy atom. The van der Waals surface area contributed by atoms with Gasteiger partial charge in [-0.25, -0.2) is 4.98 Å². The molecule has 1 aromatic heterocycles. The van der Waals surface area contributed by atoms with Crippen LogP contribution in [0.15, 0.2) is 30.5 Å². The molecule has 3 nitrogen and oxygen atoms in total. The van der Waals surface area contributed by atoms with Crippen LogP contribution in [0, 0.1) is 11.7 Å². The largest absolute Gasteiger partial charge is 0.385 e. The molecular formula is C12H13N3S. The minimum atomic E-state index is 0.422. The van der Waals surface area contributed by atoms with Gasteiger partial charge in [-0.15, -0.1) is 0 Å². The quantitative estimate of drug-likeness (QED) is 0.781. The smallest absolute Gasteiger partial charge is 0.198 e. The number of nitrogen functional groups attached to an aromatic ring is 1. The molecule has 0 aliphatic carbocycles. The van der Waals surface area contributed by atoms with E-state index in [0.29, 0.717) is 10.6 Å². The molecule has 2 aromatic rings. The number of nitrogens with two attached hydrogens (primary N) is 1. The van der Waals surface area contributed by atoms with Crippen LogP contribution in [0.5, 0.6) is 0 Å². The third-order valence-electron chi connectivity index (χ3n) is 2.40. The van der Waals surface area contributed by atoms with Crippen molar-refractivity contribution in [1.29, 1.82) is 0 Å². The lowest BCUT2D eigenvalue weighted by molar-refractivity contribution is 1.06. The van der Waals surface area contributed by atoms with Gasteiger partial charge in [-0.2, -0.15) is 0 Å². The summed E-state index contributed by atoms with van der Waals surface area (Å²) in [6, 6.07) is 8.33. The molecule has 0 amide bonds. The van der Waals surface area contributed by atoms with Gasteiger partial charge in [-0.3, -0.25) is 0 Å². The number of benzene rings is 1. The van der Waals surface area contributed by atoms with Gasteiger partial charge in [0.05, 0.1) is 0 Å². The van der Waals surface area contributed by atoms with Crippen molar-refractivity contribution >= 4 is 18.0 Å². The standard InChI is InChI=1S/C12H13N3S/c1-8-3-2-4-9(5-8)6-10-7-14-12(16)15-11(10)13/h2-5,7H,6H2,1H3,(H3,13,14,15,16). The molecule has 0 atom stereocenters. The van der Waals surface area contributed by atoms with Crippen LogP contribution in [0.3, 0.4) is 0 Å². The maximum absolute atomic E-state index is 5.85. The first kappa shape index (κ1) is 10.8. The first-order valence-electron chi connectivity index (χ1n) is 5.04. The van der Waals surface area contributed by atoms with E-state index in [1.54, 1.807) is 6.20 Å². The second kappa shape index (κ2) is 4.45. The van der Waals surface area contributed by atoms with E-state index in [9.17, 15) is 0 Å². The second-order valence-corrected chi connectivity index (χ2v) is 4.18. The van der Waals surface area contributed by atoms with Crippen molar-refractivity contribution in [2.24, 2.45) is 0 Å². The fraction of sp³-hybridized carbons (Fsp3) is 0.167. The zero-order chi connectivity index (χ0) is 11.5. The van der Waals surface area contributed by atoms with Gasteiger partial charge >= 0.3 is 0 Å². The number of aromatic amines is 1. The maximum atomic E-state index is 5.85. The van der Waals surface area contributed by atoms with Crippen molar-refractivity contribution in [3.63, 3.8) is 0 Å². The number of anilines is 1. The van der Waals surface area contributed by atoms with Gasteiger partial charge < -0.3 is 10.7 Å². The molecular weight excluding hydrogens is 218 g/mol. The van der Waals surface area contributed by atoms with E-state index in [4.69, 9.17) is 18.0 Å². The van der Waals surface area contributed by atoms with Gasteiger partial charge in [-0.1, -0.05) is 29.8 Å². The monoisotopic (exact) mass is 231 g/mol. The van der Waals surface area contributed by atoms with Gasteiger partial charge in [0.2, 0.25) is 0 Å². The highest BCUT2D eigenvalue weighted by Crippen LogP contribution is 2.14. The predicted molar refractivity (Wildman–Crippen MR) is 67.8 cm³/mol. The topological polar surface area (TPSA) is 54.7 Å². The Balaban J connectivity index is 2.30. The van der Waals surface area contributed by atoms with Crippen molar-refractivity contribution < 1.29 is 0 Å². The number of aryl methyl sites for hydroxylation is 1. The van der Waals surface area contributed by atoms with Crippen LogP contribution in [-0.2, 0) is 6.42 Å². The lowest BCUT2D eigenvalue weighted by Gasteiger charge is -2.05. The van der Waals surface area contributed by atoms with Crippen LogP contribution < -0.4 is 5.73 Å². The first-order valence-corrected chi connectivity index (χ1v) is 5.45. The van der Waals surface area contributed by atoms with Crippen molar-refractivity contribution in [2.45, 2.75) is 13.3 Å². The van der Waals surface area contributed by atoms with E-state index in [-0.39, 0.29) is 0 Å². The average molecular weight is 231 g/mol. The molecule has 2 rings (SSSR count). The minimum absolute atomic E-state index is 0.422. The van der Waals surface area contributed by atoms with E-state index in [1.165, 1.54) is 11.1 Å². The molecule has 1 heterocycles. The van der Waals surface area contributed by atoms with E-state index in [0.717, 1.165) is 12.0 Å². The lowest BCUT2D eigenvalue weighted by atomic mass is 10.1. The highest BCUT2D eigenvalue weighted by atomic mass is 32.1. The van der Waals surface area contributed by atoms with Crippen molar-refractivity contribution in [1.82, 2.24) is 9.97 Å². The Labute approximate surface area is 99.4 Å². The number of rotatable bonds is 2. The number of nitrogens with zero attached hydrogens (tertiary/aromatic N) is 1. The van der Waals surface area contributed by atoms with Crippen molar-refractivity contribution in [2.75, 3.05) is 5.73 Å². The second-order valence-electron chi connectivity index (χ2n) is 3.79. The highest BCUT2D eigenvalue weighted by Gasteiger charge is 2.01. The summed E-state index contributed by atoms with van der Waals surface area (Å²) in [4.78, 5) is 6.89. The van der Waals surface area contributed by atoms with Crippen molar-refractivity contribution in [3.05, 3.63) is 51.9 Å². The molecule has 0 radical (unpaired) electrons. The number of aromatic nitrogens is 2. The Morgan fingerprint density at radius 3 is 2.94 bits per heavy atom. The van der Waals surface area contributed by atoms with E-state index in [1.807, 2.05) is 6.07 Å². The molecule has 0 saturated heterocycles. The summed E-state index contributed by atoms with van der Waals surface area (Å²) in [7, 11) is 0. The van der Waals surface area contributed by atoms with Crippen LogP contribution in [0.25, 0.3) is 0 Å². The molecule has 0 aliphatic heterocycles. The fourth-order valence-corrected chi connectivity index (χ4v) is 1.78. The third kappa shape index (κ3) is 2.46. The van der Waals surface area contributed by atoms with Gasteiger partial charge in [0.25, 0.3) is 0 Å². The summed E-state index contributed by atoms with van der Waals surface area (Å²) in [5.41, 5.74) is 9.28. The van der Waals surface area contributed by atoms with Crippen LogP contribution >= 0.6 is 12.2 Å². The Morgan fingerprint density at radius 2 is 2.25 bits per heavy atom. The molecule has 1 aromatic carbocycles. The molecule has 82 valence electrons. The van der Waals surface area contributed by atoms with Crippen molar-refractivity contribution in [3.8, 4) is 0 Å². The number of hydrogen-bond donors (Lipinski definition) is 2. The van der Waals surface area contributed by atoms with Crippen LogP contribution in [0.4, 0.5) is 5.82 Å². The normalized spacial score (nSPS) is 10.3. The summed E-state index contributed by atoms with van der Waals surface area (Å²) in [6.45, 7) is 2.07. The molecule has 0 bridgehead atoms. The average Bonchev–Trinajstić information content (AvgIpc) is 2.22. The minimum Gasteiger partial charge on any atom is -0.385 e. The van der Waals surface area contributed by atoms with E-state index < -0.39 is 0 Å². The van der Waals surface area contributed by atoms with Crippen LogP contribution in [0.1, 0.15) is 16.7 Å². The third-order valence-corrected chi connectivity index (χ3v) is 2.61. The summed E-state index contributed by atoms with van der Waals surface area (Å²) in [5.74, 6) is 0.599. The molecule has 0 spiro atoms. The molecule has 0 fully saturated rings. The molecule has 16 heavy (non-hydrogen) atoms. The maximum Gasteiger partial charge on any atom is 0.198 e. The fourth-order valence-electron chi connectivity index (χ4n) is 1.62. The predicted octanol–water partition coefficient (Wildman–Crippen LogP) is 2.62. The number of hydrogen-bond acceptors (Lipinski definition) is 3. The zero-order valence-corrected chi connectivity index (χ0v) is 9.84. The Bertz CT molecular complexity index is 560. The van der Waals surface area contributed by atoms with Crippen LogP contribution in [-0.4, -0.2) is 9.97 Å². The Kier molecular flexibility index (Phi) is 3.01. The van der Waals surface area contributed by atoms with E-state index in [2.05, 4.69) is 35.1 Å². The van der Waals surface area contributed by atoms with Gasteiger partial charge in [-0.05, 0) is 24.7 Å². The highest BCUT2D eigenvalue weighted by molar-refractivity contribution is 7.71. The number of H-pyrrole nitrogens is 1. The van der Waals surface area contributed by atoms with Gasteiger partial charge in [0.1, 0.15) is 5.82 Å². The molecule has 0 unspecified atom stereocenters. The van der Waals surface area contributed by atoms with Gasteiger partial charge in [0, 0.05) is 18.2 Å². The van der Waals surface area contributed by atoms with E-state index >= 15 is 0 Å². The lowest BCUT2D eigenvalue weighted by Crippen LogP contribution is -2.00. The van der Waals surface area contributed by atoms with Crippen LogP contribution in [0.2, 0.25) is 0 Å².